The standard InChI is InChI=1S/C50H58O10/c1-31-11-9-13-35(25-31)43-37-27-33(29-39(49(3,4)5)45(37)59-47(43)53)15-17-41(51)57-23-21-55-19-20-56-22-24-58-42(52)18-16-34-28-38-44(36-14-10-12-32(2)26-36)48(54)60-46(38)40(30-34)50(6,7)8/h9-14,25-30,43-44H,15-24H2,1-8H3. The van der Waals surface area contributed by atoms with E-state index in [9.17, 15) is 19.2 Å². The summed E-state index contributed by atoms with van der Waals surface area (Å²) in [6.45, 7) is 17.8. The number of hydrogen-bond donors (Lipinski definition) is 0. The topological polar surface area (TPSA) is 124 Å². The van der Waals surface area contributed by atoms with Crippen molar-refractivity contribution in [1.82, 2.24) is 0 Å². The van der Waals surface area contributed by atoms with Gasteiger partial charge in [0.2, 0.25) is 0 Å². The molecule has 10 nitrogen and oxygen atoms in total. The van der Waals surface area contributed by atoms with E-state index < -0.39 is 11.8 Å². The van der Waals surface area contributed by atoms with Gasteiger partial charge in [-0.1, -0.05) is 125 Å². The van der Waals surface area contributed by atoms with Crippen molar-refractivity contribution in [2.24, 2.45) is 0 Å². The van der Waals surface area contributed by atoms with Crippen LogP contribution >= 0.6 is 0 Å². The second kappa shape index (κ2) is 18.9. The smallest absolute Gasteiger partial charge is 0.323 e. The molecule has 2 aliphatic heterocycles. The van der Waals surface area contributed by atoms with Gasteiger partial charge >= 0.3 is 23.9 Å². The average Bonchev–Trinajstić information content (AvgIpc) is 3.70. The van der Waals surface area contributed by atoms with Gasteiger partial charge in [-0.25, -0.2) is 0 Å². The van der Waals surface area contributed by atoms with Crippen molar-refractivity contribution in [1.29, 1.82) is 0 Å². The summed E-state index contributed by atoms with van der Waals surface area (Å²) in [5.74, 6) is -1.03. The Bertz CT molecular complexity index is 2070. The molecule has 4 aromatic rings. The second-order valence-corrected chi connectivity index (χ2v) is 17.8. The van der Waals surface area contributed by atoms with Crippen LogP contribution in [0.3, 0.4) is 0 Å². The average molecular weight is 819 g/mol. The Hall–Kier alpha value is -5.32. The number of esters is 4. The van der Waals surface area contributed by atoms with E-state index in [2.05, 4.69) is 41.5 Å². The predicted molar refractivity (Wildman–Crippen MR) is 228 cm³/mol. The highest BCUT2D eigenvalue weighted by molar-refractivity contribution is 5.91. The summed E-state index contributed by atoms with van der Waals surface area (Å²) >= 11 is 0. The summed E-state index contributed by atoms with van der Waals surface area (Å²) in [5.41, 5.74) is 8.80. The largest absolute Gasteiger partial charge is 0.463 e. The maximum absolute atomic E-state index is 13.1. The minimum absolute atomic E-state index is 0.114. The lowest BCUT2D eigenvalue weighted by Crippen LogP contribution is -2.16. The van der Waals surface area contributed by atoms with Gasteiger partial charge in [-0.3, -0.25) is 19.2 Å². The molecule has 318 valence electrons. The molecule has 0 N–H and O–H groups in total. The van der Waals surface area contributed by atoms with Crippen molar-refractivity contribution in [3.8, 4) is 11.5 Å². The van der Waals surface area contributed by atoms with Crippen LogP contribution in [0.4, 0.5) is 0 Å². The summed E-state index contributed by atoms with van der Waals surface area (Å²) in [4.78, 5) is 51.5. The van der Waals surface area contributed by atoms with Crippen LogP contribution in [0.25, 0.3) is 0 Å². The van der Waals surface area contributed by atoms with Crippen molar-refractivity contribution >= 4 is 23.9 Å². The van der Waals surface area contributed by atoms with Gasteiger partial charge in [0.25, 0.3) is 0 Å². The van der Waals surface area contributed by atoms with Crippen molar-refractivity contribution < 1.29 is 47.6 Å². The molecule has 2 atom stereocenters. The van der Waals surface area contributed by atoms with Gasteiger partial charge < -0.3 is 28.4 Å². The molecule has 2 heterocycles. The molecule has 0 bridgehead atoms. The first-order chi connectivity index (χ1) is 28.5. The SMILES string of the molecule is Cc1cccc(C2C(=O)Oc3c2cc(CCC(=O)OCCOCCOCCOC(=O)CCc2cc4c(c(C(C)(C)C)c2)OC(=O)C4c2cccc(C)c2)cc3C(C)(C)C)c1. The van der Waals surface area contributed by atoms with Gasteiger partial charge in [-0.2, -0.15) is 0 Å². The maximum Gasteiger partial charge on any atom is 0.323 e. The lowest BCUT2D eigenvalue weighted by atomic mass is 9.81. The zero-order valence-corrected chi connectivity index (χ0v) is 36.2. The fourth-order valence-corrected chi connectivity index (χ4v) is 7.78. The van der Waals surface area contributed by atoms with Crippen LogP contribution in [0.2, 0.25) is 0 Å². The van der Waals surface area contributed by atoms with Crippen molar-refractivity contribution in [3.05, 3.63) is 128 Å². The third-order valence-corrected chi connectivity index (χ3v) is 10.8. The Kier molecular flexibility index (Phi) is 14.0. The van der Waals surface area contributed by atoms with Crippen molar-refractivity contribution in [2.75, 3.05) is 39.6 Å². The highest BCUT2D eigenvalue weighted by atomic mass is 16.6. The highest BCUT2D eigenvalue weighted by Gasteiger charge is 2.40. The Balaban J connectivity index is 0.879. The number of ether oxygens (including phenoxy) is 6. The predicted octanol–water partition coefficient (Wildman–Crippen LogP) is 8.69. The number of fused-ring (bicyclic) bond motifs is 2. The lowest BCUT2D eigenvalue weighted by molar-refractivity contribution is -0.146. The number of carbonyl (C=O) groups is 4. The van der Waals surface area contributed by atoms with E-state index in [1.54, 1.807) is 0 Å². The maximum atomic E-state index is 13.1. The van der Waals surface area contributed by atoms with Gasteiger partial charge in [-0.05, 0) is 59.8 Å². The Labute approximate surface area is 353 Å². The normalized spacial score (nSPS) is 15.9. The van der Waals surface area contributed by atoms with E-state index in [1.165, 1.54) is 0 Å². The lowest BCUT2D eigenvalue weighted by Gasteiger charge is -2.23. The molecule has 0 aromatic heterocycles. The molecule has 60 heavy (non-hydrogen) atoms. The summed E-state index contributed by atoms with van der Waals surface area (Å²) in [7, 11) is 0. The molecule has 6 rings (SSSR count). The summed E-state index contributed by atoms with van der Waals surface area (Å²) in [6.07, 6.45) is 1.29. The highest BCUT2D eigenvalue weighted by Crippen LogP contribution is 2.47. The number of hydrogen-bond acceptors (Lipinski definition) is 10. The molecular formula is C50H58O10. The second-order valence-electron chi connectivity index (χ2n) is 17.8. The Morgan fingerprint density at radius 1 is 0.550 bits per heavy atom. The quantitative estimate of drug-likeness (QED) is 0.0581. The number of aryl methyl sites for hydroxylation is 4. The van der Waals surface area contributed by atoms with Crippen LogP contribution in [-0.2, 0) is 61.8 Å². The number of carbonyl (C=O) groups excluding carboxylic acids is 4. The van der Waals surface area contributed by atoms with Crippen LogP contribution in [0.1, 0.15) is 122 Å². The molecule has 0 saturated heterocycles. The van der Waals surface area contributed by atoms with E-state index in [0.29, 0.717) is 37.6 Å². The van der Waals surface area contributed by atoms with Gasteiger partial charge in [0.1, 0.15) is 36.5 Å². The van der Waals surface area contributed by atoms with Gasteiger partial charge in [0, 0.05) is 35.1 Å². The van der Waals surface area contributed by atoms with Crippen LogP contribution in [-0.4, -0.2) is 63.5 Å². The van der Waals surface area contributed by atoms with Crippen LogP contribution in [0, 0.1) is 13.8 Å². The van der Waals surface area contributed by atoms with Gasteiger partial charge in [0.05, 0.1) is 26.4 Å². The van der Waals surface area contributed by atoms with Gasteiger partial charge in [-0.15, -0.1) is 0 Å². The van der Waals surface area contributed by atoms with Crippen LogP contribution in [0.5, 0.6) is 11.5 Å². The summed E-state index contributed by atoms with van der Waals surface area (Å²) < 4.78 is 33.7. The molecule has 0 aliphatic carbocycles. The van der Waals surface area contributed by atoms with E-state index in [4.69, 9.17) is 28.4 Å². The molecule has 0 saturated carbocycles. The van der Waals surface area contributed by atoms with E-state index in [0.717, 1.165) is 55.6 Å². The third kappa shape index (κ3) is 10.9. The molecule has 2 aliphatic rings. The summed E-state index contributed by atoms with van der Waals surface area (Å²) in [6, 6.07) is 23.8. The Morgan fingerprint density at radius 2 is 0.933 bits per heavy atom. The van der Waals surface area contributed by atoms with Crippen LogP contribution < -0.4 is 9.47 Å². The number of rotatable bonds is 17. The molecular weight excluding hydrogens is 761 g/mol. The Morgan fingerprint density at radius 3 is 1.30 bits per heavy atom. The van der Waals surface area contributed by atoms with E-state index in [-0.39, 0.29) is 74.0 Å². The summed E-state index contributed by atoms with van der Waals surface area (Å²) in [5, 5.41) is 0. The zero-order valence-electron chi connectivity index (χ0n) is 36.2. The first kappa shape index (κ1) is 44.2. The van der Waals surface area contributed by atoms with E-state index in [1.807, 2.05) is 86.6 Å². The van der Waals surface area contributed by atoms with Crippen molar-refractivity contribution in [2.45, 2.75) is 104 Å². The molecule has 0 amide bonds. The molecule has 10 heteroatoms. The first-order valence-corrected chi connectivity index (χ1v) is 20.9. The molecule has 0 fully saturated rings. The molecule has 4 aromatic carbocycles. The fourth-order valence-electron chi connectivity index (χ4n) is 7.78. The third-order valence-electron chi connectivity index (χ3n) is 10.8. The monoisotopic (exact) mass is 818 g/mol. The van der Waals surface area contributed by atoms with Crippen molar-refractivity contribution in [3.63, 3.8) is 0 Å². The minimum Gasteiger partial charge on any atom is -0.463 e. The zero-order chi connectivity index (χ0) is 43.2. The van der Waals surface area contributed by atoms with E-state index >= 15 is 0 Å². The molecule has 2 unspecified atom stereocenters. The van der Waals surface area contributed by atoms with Crippen LogP contribution in [0.15, 0.2) is 72.8 Å². The molecule has 0 radical (unpaired) electrons. The first-order valence-electron chi connectivity index (χ1n) is 20.9. The van der Waals surface area contributed by atoms with Gasteiger partial charge in [0.15, 0.2) is 0 Å². The fraction of sp³-hybridized carbons (Fsp3) is 0.440. The molecule has 0 spiro atoms. The number of benzene rings is 4. The minimum atomic E-state index is -0.511.